The second-order valence-corrected chi connectivity index (χ2v) is 9.74. The number of carboxylic acids is 1. The monoisotopic (exact) mass is 371 g/mol. The van der Waals surface area contributed by atoms with Gasteiger partial charge in [0, 0.05) is 0 Å². The van der Waals surface area contributed by atoms with E-state index in [1.54, 1.807) is 20.8 Å². The van der Waals surface area contributed by atoms with E-state index in [4.69, 9.17) is 9.84 Å². The molecule has 2 atom stereocenters. The Kier molecular flexibility index (Phi) is 7.93. The molecule has 0 aromatic rings. The van der Waals surface area contributed by atoms with E-state index in [0.717, 1.165) is 25.7 Å². The van der Waals surface area contributed by atoms with Crippen molar-refractivity contribution in [2.24, 2.45) is 17.3 Å². The van der Waals surface area contributed by atoms with Gasteiger partial charge in [-0.2, -0.15) is 0 Å². The zero-order valence-electron chi connectivity index (χ0n) is 17.2. The quantitative estimate of drug-likeness (QED) is 0.657. The fourth-order valence-electron chi connectivity index (χ4n) is 3.72. The Morgan fingerprint density at radius 3 is 2.04 bits per heavy atom. The number of hydrogen-bond acceptors (Lipinski definition) is 4. The van der Waals surface area contributed by atoms with E-state index in [2.05, 4.69) is 26.1 Å². The van der Waals surface area contributed by atoms with Crippen LogP contribution in [0.1, 0.15) is 80.1 Å². The van der Waals surface area contributed by atoms with Crippen LogP contribution in [0.5, 0.6) is 0 Å². The third kappa shape index (κ3) is 8.39. The van der Waals surface area contributed by atoms with E-state index >= 15 is 0 Å². The van der Waals surface area contributed by atoms with E-state index in [9.17, 15) is 14.7 Å². The molecule has 0 unspecified atom stereocenters. The van der Waals surface area contributed by atoms with Crippen molar-refractivity contribution in [2.75, 3.05) is 0 Å². The lowest BCUT2D eigenvalue weighted by Crippen LogP contribution is -2.47. The number of amides is 1. The molecular formula is C20H37NO5. The van der Waals surface area contributed by atoms with Gasteiger partial charge in [-0.1, -0.05) is 33.6 Å². The molecule has 26 heavy (non-hydrogen) atoms. The number of carbonyl (C=O) groups is 2. The third-order valence-corrected chi connectivity index (χ3v) is 5.21. The summed E-state index contributed by atoms with van der Waals surface area (Å²) in [6.45, 7) is 12.1. The van der Waals surface area contributed by atoms with Crippen LogP contribution in [0.15, 0.2) is 0 Å². The number of carbonyl (C=O) groups excluding carboxylic acids is 1. The molecule has 0 radical (unpaired) electrons. The van der Waals surface area contributed by atoms with Gasteiger partial charge in [0.2, 0.25) is 0 Å². The van der Waals surface area contributed by atoms with Crippen molar-refractivity contribution < 1.29 is 24.5 Å². The topological polar surface area (TPSA) is 95.9 Å². The number of ether oxygens (including phenoxy) is 1. The normalized spacial score (nSPS) is 23.8. The van der Waals surface area contributed by atoms with Crippen LogP contribution in [0.25, 0.3) is 0 Å². The summed E-state index contributed by atoms with van der Waals surface area (Å²) >= 11 is 0. The molecule has 0 saturated heterocycles. The van der Waals surface area contributed by atoms with Crippen molar-refractivity contribution in [3.8, 4) is 0 Å². The van der Waals surface area contributed by atoms with E-state index in [1.807, 2.05) is 0 Å². The number of rotatable bonds is 6. The smallest absolute Gasteiger partial charge is 0.407 e. The zero-order chi connectivity index (χ0) is 20.1. The van der Waals surface area contributed by atoms with Crippen LogP contribution in [-0.2, 0) is 9.53 Å². The number of aliphatic hydroxyl groups excluding tert-OH is 1. The Hall–Kier alpha value is -1.30. The zero-order valence-corrected chi connectivity index (χ0v) is 17.2. The molecule has 0 heterocycles. The highest BCUT2D eigenvalue weighted by atomic mass is 16.6. The van der Waals surface area contributed by atoms with Crippen LogP contribution in [0.3, 0.4) is 0 Å². The van der Waals surface area contributed by atoms with Gasteiger partial charge in [0.05, 0.1) is 18.6 Å². The van der Waals surface area contributed by atoms with Crippen LogP contribution in [0.2, 0.25) is 0 Å². The molecule has 0 aliphatic heterocycles. The summed E-state index contributed by atoms with van der Waals surface area (Å²) in [6.07, 6.45) is 2.77. The predicted molar refractivity (Wildman–Crippen MR) is 101 cm³/mol. The summed E-state index contributed by atoms with van der Waals surface area (Å²) in [6, 6.07) is -0.614. The molecule has 0 aromatic heterocycles. The molecule has 0 aromatic carbocycles. The number of aliphatic carboxylic acids is 1. The fourth-order valence-corrected chi connectivity index (χ4v) is 3.72. The van der Waals surface area contributed by atoms with Crippen molar-refractivity contribution in [2.45, 2.75) is 97.8 Å². The summed E-state index contributed by atoms with van der Waals surface area (Å²) in [5, 5.41) is 22.0. The number of carboxylic acid groups (broad SMARTS) is 1. The molecule has 0 spiro atoms. The Labute approximate surface area is 157 Å². The molecular weight excluding hydrogens is 334 g/mol. The largest absolute Gasteiger partial charge is 0.481 e. The predicted octanol–water partition coefficient (Wildman–Crippen LogP) is 3.96. The molecule has 0 bridgehead atoms. The highest BCUT2D eigenvalue weighted by Gasteiger charge is 2.33. The van der Waals surface area contributed by atoms with Crippen molar-refractivity contribution in [3.63, 3.8) is 0 Å². The van der Waals surface area contributed by atoms with Gasteiger partial charge in [-0.3, -0.25) is 4.79 Å². The van der Waals surface area contributed by atoms with Gasteiger partial charge in [0.25, 0.3) is 0 Å². The summed E-state index contributed by atoms with van der Waals surface area (Å²) in [4.78, 5) is 23.1. The van der Waals surface area contributed by atoms with Gasteiger partial charge in [0.1, 0.15) is 5.60 Å². The maximum Gasteiger partial charge on any atom is 0.407 e. The molecule has 1 saturated carbocycles. The number of aliphatic hydroxyl groups is 1. The minimum Gasteiger partial charge on any atom is -0.481 e. The van der Waals surface area contributed by atoms with E-state index in [0.29, 0.717) is 23.7 Å². The van der Waals surface area contributed by atoms with Gasteiger partial charge in [-0.15, -0.1) is 0 Å². The van der Waals surface area contributed by atoms with Crippen LogP contribution in [-0.4, -0.2) is 40.0 Å². The highest BCUT2D eigenvalue weighted by molar-refractivity contribution is 5.69. The molecule has 152 valence electrons. The third-order valence-electron chi connectivity index (χ3n) is 5.21. The SMILES string of the molecule is CC(C)(C)OC(=O)N[C@@H](CC1CCC(C(C)(C)C)CC1)[C@@H](O)CC(=O)O. The lowest BCUT2D eigenvalue weighted by atomic mass is 9.69. The summed E-state index contributed by atoms with van der Waals surface area (Å²) < 4.78 is 5.27. The maximum absolute atomic E-state index is 12.1. The molecule has 1 fully saturated rings. The Morgan fingerprint density at radius 2 is 1.62 bits per heavy atom. The molecule has 3 N–H and O–H groups in total. The van der Waals surface area contributed by atoms with Gasteiger partial charge in [-0.25, -0.2) is 4.79 Å². The first-order chi connectivity index (χ1) is 11.8. The van der Waals surface area contributed by atoms with Crippen molar-refractivity contribution in [1.82, 2.24) is 5.32 Å². The molecule has 6 nitrogen and oxygen atoms in total. The Balaban J connectivity index is 2.68. The molecule has 1 rings (SSSR count). The first kappa shape index (κ1) is 22.7. The average Bonchev–Trinajstić information content (AvgIpc) is 2.43. The van der Waals surface area contributed by atoms with Gasteiger partial charge < -0.3 is 20.3 Å². The second-order valence-electron chi connectivity index (χ2n) is 9.74. The van der Waals surface area contributed by atoms with Crippen LogP contribution < -0.4 is 5.32 Å². The minimum absolute atomic E-state index is 0.294. The lowest BCUT2D eigenvalue weighted by Gasteiger charge is -2.38. The van der Waals surface area contributed by atoms with E-state index in [1.165, 1.54) is 0 Å². The summed E-state index contributed by atoms with van der Waals surface area (Å²) in [5.74, 6) is -0.0260. The molecule has 1 amide bonds. The van der Waals surface area contributed by atoms with Gasteiger partial charge in [0.15, 0.2) is 0 Å². The van der Waals surface area contributed by atoms with Gasteiger partial charge in [-0.05, 0) is 57.3 Å². The Morgan fingerprint density at radius 1 is 1.08 bits per heavy atom. The maximum atomic E-state index is 12.1. The summed E-state index contributed by atoms with van der Waals surface area (Å²) in [5.41, 5.74) is -0.348. The van der Waals surface area contributed by atoms with Crippen molar-refractivity contribution in [3.05, 3.63) is 0 Å². The highest BCUT2D eigenvalue weighted by Crippen LogP contribution is 2.41. The van der Waals surface area contributed by atoms with E-state index < -0.39 is 36.2 Å². The molecule has 1 aliphatic carbocycles. The van der Waals surface area contributed by atoms with Gasteiger partial charge >= 0.3 is 12.1 Å². The molecule has 6 heteroatoms. The average molecular weight is 372 g/mol. The summed E-state index contributed by atoms with van der Waals surface area (Å²) in [7, 11) is 0. The standard InChI is InChI=1S/C20H37NO5/c1-19(2,3)14-9-7-13(8-10-14)11-15(16(22)12-17(23)24)21-18(25)26-20(4,5)6/h13-16,22H,7-12H2,1-6H3,(H,21,25)(H,23,24)/t13?,14?,15-,16-/m0/s1. The fraction of sp³-hybridized carbons (Fsp3) is 0.900. The van der Waals surface area contributed by atoms with Crippen molar-refractivity contribution in [1.29, 1.82) is 0 Å². The first-order valence-electron chi connectivity index (χ1n) is 9.67. The number of alkyl carbamates (subject to hydrolysis) is 1. The number of hydrogen-bond donors (Lipinski definition) is 3. The molecule has 1 aliphatic rings. The second kappa shape index (κ2) is 9.07. The number of nitrogens with one attached hydrogen (secondary N) is 1. The van der Waals surface area contributed by atoms with Crippen LogP contribution >= 0.6 is 0 Å². The van der Waals surface area contributed by atoms with Crippen LogP contribution in [0.4, 0.5) is 4.79 Å². The Bertz CT molecular complexity index is 470. The van der Waals surface area contributed by atoms with Crippen molar-refractivity contribution >= 4 is 12.1 Å². The minimum atomic E-state index is -1.12. The van der Waals surface area contributed by atoms with E-state index in [-0.39, 0.29) is 0 Å². The van der Waals surface area contributed by atoms with Crippen LogP contribution in [0, 0.1) is 17.3 Å². The first-order valence-corrected chi connectivity index (χ1v) is 9.67. The lowest BCUT2D eigenvalue weighted by molar-refractivity contribution is -0.139.